The van der Waals surface area contributed by atoms with Crippen LogP contribution in [-0.4, -0.2) is 29.2 Å². The summed E-state index contributed by atoms with van der Waals surface area (Å²) in [5.41, 5.74) is 3.76. The summed E-state index contributed by atoms with van der Waals surface area (Å²) in [7, 11) is 0. The van der Waals surface area contributed by atoms with Gasteiger partial charge in [-0.25, -0.2) is 0 Å². The average molecular weight is 568 g/mol. The van der Waals surface area contributed by atoms with Crippen LogP contribution in [0.25, 0.3) is 0 Å². The van der Waals surface area contributed by atoms with Crippen LogP contribution in [0.3, 0.4) is 0 Å². The van der Waals surface area contributed by atoms with Crippen LogP contribution in [0.5, 0.6) is 0 Å². The number of likely N-dealkylation sites (tertiary alicyclic amines) is 1. The Morgan fingerprint density at radius 3 is 1.71 bits per heavy atom. The molecule has 0 spiro atoms. The molecule has 7 rings (SSSR count). The molecule has 1 saturated heterocycles. The fourth-order valence-corrected chi connectivity index (χ4v) is 7.73. The number of halogens is 3. The lowest BCUT2D eigenvalue weighted by molar-refractivity contribution is -0.140. The molecule has 3 aliphatic carbocycles. The monoisotopic (exact) mass is 566 g/mol. The Labute approximate surface area is 236 Å². The molecule has 3 aromatic carbocycles. The molecule has 8 heteroatoms. The highest BCUT2D eigenvalue weighted by Crippen LogP contribution is 2.69. The molecule has 0 radical (unpaired) electrons. The molecular formula is C30H25Cl3N2O3. The van der Waals surface area contributed by atoms with E-state index in [1.54, 1.807) is 18.2 Å². The predicted octanol–water partition coefficient (Wildman–Crippen LogP) is 6.43. The number of rotatable bonds is 7. The van der Waals surface area contributed by atoms with E-state index in [1.165, 1.54) is 4.90 Å². The highest BCUT2D eigenvalue weighted by atomic mass is 35.5. The second kappa shape index (κ2) is 9.41. The number of nitrogens with one attached hydrogen (secondary N) is 1. The number of carbonyl (C=O) groups excluding carboxylic acids is 3. The largest absolute Gasteiger partial charge is 0.325 e. The number of hydrogen-bond donors (Lipinski definition) is 1. The van der Waals surface area contributed by atoms with Crippen molar-refractivity contribution in [3.05, 3.63) is 100 Å². The zero-order valence-corrected chi connectivity index (χ0v) is 22.7. The molecule has 0 unspecified atom stereocenters. The van der Waals surface area contributed by atoms with Crippen molar-refractivity contribution in [2.75, 3.05) is 11.9 Å². The minimum atomic E-state index is -1.16. The number of para-hydroxylation sites is 1. The van der Waals surface area contributed by atoms with Gasteiger partial charge in [0.1, 0.15) is 9.75 Å². The summed E-state index contributed by atoms with van der Waals surface area (Å²) >= 11 is 21.0. The number of imide groups is 1. The molecule has 5 nitrogen and oxygen atoms in total. The van der Waals surface area contributed by atoms with Crippen molar-refractivity contribution >= 4 is 58.2 Å². The van der Waals surface area contributed by atoms with E-state index in [9.17, 15) is 14.4 Å². The Kier molecular flexibility index (Phi) is 6.29. The van der Waals surface area contributed by atoms with Crippen molar-refractivity contribution in [1.29, 1.82) is 0 Å². The minimum absolute atomic E-state index is 0.127. The fraction of sp³-hybridized carbons (Fsp3) is 0.300. The van der Waals surface area contributed by atoms with Gasteiger partial charge in [0.2, 0.25) is 17.7 Å². The number of carbonyl (C=O) groups is 3. The molecule has 4 aliphatic rings. The molecule has 2 atom stereocenters. The van der Waals surface area contributed by atoms with Gasteiger partial charge in [0.15, 0.2) is 0 Å². The van der Waals surface area contributed by atoms with Crippen molar-refractivity contribution in [2.24, 2.45) is 11.8 Å². The van der Waals surface area contributed by atoms with Gasteiger partial charge in [-0.1, -0.05) is 78.7 Å². The summed E-state index contributed by atoms with van der Waals surface area (Å²) in [4.78, 5) is 38.9. The number of alkyl halides is 2. The smallest absolute Gasteiger partial charge is 0.235 e. The van der Waals surface area contributed by atoms with E-state index in [1.807, 2.05) is 54.6 Å². The lowest BCUT2D eigenvalue weighted by atomic mass is 9.54. The molecule has 0 aromatic heterocycles. The van der Waals surface area contributed by atoms with E-state index >= 15 is 0 Å². The molecule has 38 heavy (non-hydrogen) atoms. The number of hydrogen-bond acceptors (Lipinski definition) is 3. The quantitative estimate of drug-likeness (QED) is 0.203. The number of unbranched alkanes of at least 4 members (excludes halogenated alkanes) is 2. The van der Waals surface area contributed by atoms with E-state index in [0.717, 1.165) is 22.3 Å². The van der Waals surface area contributed by atoms with Crippen molar-refractivity contribution in [2.45, 2.75) is 35.4 Å². The molecule has 3 amide bonds. The van der Waals surface area contributed by atoms with Crippen molar-refractivity contribution < 1.29 is 14.4 Å². The van der Waals surface area contributed by atoms with Crippen LogP contribution in [-0.2, 0) is 24.1 Å². The first kappa shape index (κ1) is 25.4. The van der Waals surface area contributed by atoms with E-state index < -0.39 is 21.6 Å². The molecule has 1 heterocycles. The Bertz CT molecular complexity index is 1350. The van der Waals surface area contributed by atoms with Gasteiger partial charge in [0.25, 0.3) is 0 Å². The zero-order valence-electron chi connectivity index (χ0n) is 20.4. The van der Waals surface area contributed by atoms with Gasteiger partial charge in [-0.15, -0.1) is 23.2 Å². The zero-order chi connectivity index (χ0) is 26.7. The number of anilines is 1. The second-order valence-corrected chi connectivity index (χ2v) is 11.7. The van der Waals surface area contributed by atoms with Crippen molar-refractivity contribution in [3.63, 3.8) is 0 Å². The summed E-state index contributed by atoms with van der Waals surface area (Å²) in [5, 5.41) is 3.30. The van der Waals surface area contributed by atoms with E-state index in [2.05, 4.69) is 5.32 Å². The standard InChI is InChI=1S/C30H25Cl3N2O3/c31-22-14-7-8-15-23(22)34-24(36)16-2-1-9-17-35-27(37)25-26(28(35)38)30(33)19-11-4-3-10-18(19)29(25,32)20-12-5-6-13-21(20)30/h3-8,10-15,25-26H,1-2,9,16-17H2,(H,34,36)/t25-,26-,29?,30?/m0/s1. The lowest BCUT2D eigenvalue weighted by Crippen LogP contribution is -2.57. The topological polar surface area (TPSA) is 66.5 Å². The number of amides is 3. The van der Waals surface area contributed by atoms with Gasteiger partial charge >= 0.3 is 0 Å². The fourth-order valence-electron chi connectivity index (χ4n) is 6.45. The summed E-state index contributed by atoms with van der Waals surface area (Å²) < 4.78 is 0. The minimum Gasteiger partial charge on any atom is -0.325 e. The van der Waals surface area contributed by atoms with Crippen LogP contribution in [0.15, 0.2) is 72.8 Å². The van der Waals surface area contributed by atoms with Crippen LogP contribution in [0.4, 0.5) is 5.69 Å². The molecule has 1 aliphatic heterocycles. The summed E-state index contributed by atoms with van der Waals surface area (Å²) in [6.45, 7) is 0.267. The molecule has 1 fully saturated rings. The predicted molar refractivity (Wildman–Crippen MR) is 148 cm³/mol. The SMILES string of the molecule is O=C(CCCCCN1C(=O)[C@@H]2[C@@H](C1=O)C1(Cl)c3ccccc3C2(Cl)c2ccccc21)Nc1ccccc1Cl. The van der Waals surface area contributed by atoms with Gasteiger partial charge in [-0.2, -0.15) is 0 Å². The molecule has 2 bridgehead atoms. The summed E-state index contributed by atoms with van der Waals surface area (Å²) in [6.07, 6.45) is 2.20. The van der Waals surface area contributed by atoms with Crippen LogP contribution >= 0.6 is 34.8 Å². The highest BCUT2D eigenvalue weighted by molar-refractivity contribution is 6.36. The summed E-state index contributed by atoms with van der Waals surface area (Å²) in [5.74, 6) is -2.24. The van der Waals surface area contributed by atoms with Gasteiger partial charge in [-0.3, -0.25) is 19.3 Å². The van der Waals surface area contributed by atoms with Crippen molar-refractivity contribution in [1.82, 2.24) is 4.90 Å². The molecule has 3 aromatic rings. The first-order valence-electron chi connectivity index (χ1n) is 12.8. The first-order valence-corrected chi connectivity index (χ1v) is 13.9. The van der Waals surface area contributed by atoms with E-state index in [0.29, 0.717) is 36.4 Å². The van der Waals surface area contributed by atoms with Crippen LogP contribution in [0, 0.1) is 11.8 Å². The third-order valence-electron chi connectivity index (χ3n) is 8.11. The van der Waals surface area contributed by atoms with Gasteiger partial charge < -0.3 is 5.32 Å². The third kappa shape index (κ3) is 3.55. The highest BCUT2D eigenvalue weighted by Gasteiger charge is 2.72. The van der Waals surface area contributed by atoms with Crippen LogP contribution in [0.1, 0.15) is 47.9 Å². The maximum absolute atomic E-state index is 13.8. The maximum Gasteiger partial charge on any atom is 0.235 e. The normalized spacial score (nSPS) is 26.7. The third-order valence-corrected chi connectivity index (χ3v) is 9.72. The molecule has 0 saturated carbocycles. The average Bonchev–Trinajstić information content (AvgIpc) is 3.19. The van der Waals surface area contributed by atoms with Gasteiger partial charge in [0.05, 0.1) is 22.5 Å². The van der Waals surface area contributed by atoms with Gasteiger partial charge in [-0.05, 0) is 47.2 Å². The van der Waals surface area contributed by atoms with Gasteiger partial charge in [0, 0.05) is 13.0 Å². The molecule has 1 N–H and O–H groups in total. The van der Waals surface area contributed by atoms with E-state index in [4.69, 9.17) is 34.8 Å². The summed E-state index contributed by atoms with van der Waals surface area (Å²) in [6, 6.07) is 22.3. The van der Waals surface area contributed by atoms with Crippen LogP contribution in [0.2, 0.25) is 5.02 Å². The first-order chi connectivity index (χ1) is 18.3. The number of nitrogens with zero attached hydrogens (tertiary/aromatic N) is 1. The van der Waals surface area contributed by atoms with Crippen LogP contribution < -0.4 is 5.32 Å². The molecule has 194 valence electrons. The maximum atomic E-state index is 13.8. The second-order valence-electron chi connectivity index (χ2n) is 10.1. The van der Waals surface area contributed by atoms with E-state index in [-0.39, 0.29) is 24.3 Å². The van der Waals surface area contributed by atoms with Crippen molar-refractivity contribution in [3.8, 4) is 0 Å². The Morgan fingerprint density at radius 1 is 0.737 bits per heavy atom. The Morgan fingerprint density at radius 2 is 1.21 bits per heavy atom. The Balaban J connectivity index is 1.17. The molecular weight excluding hydrogens is 543 g/mol. The number of benzene rings is 3. The Hall–Kier alpha value is -2.86. The lowest BCUT2D eigenvalue weighted by Gasteiger charge is -2.54.